The van der Waals surface area contributed by atoms with Gasteiger partial charge in [0.1, 0.15) is 0 Å². The number of carbonyl (C=O) groups excluding carboxylic acids is 1. The Morgan fingerprint density at radius 1 is 1.43 bits per heavy atom. The summed E-state index contributed by atoms with van der Waals surface area (Å²) in [7, 11) is 0. The number of likely N-dealkylation sites (tertiary alicyclic amines) is 1. The standard InChI is InChI=1S/C15H23BrN4O/c1-3-20-13(15(16)10(2)18-20)9-19-7-6-12-11(8-19)4-5-14(21)17-12/h11-12H,3-9H2,1-2H3,(H,17,21). The summed E-state index contributed by atoms with van der Waals surface area (Å²) < 4.78 is 3.23. The van der Waals surface area contributed by atoms with Gasteiger partial charge in [-0.25, -0.2) is 0 Å². The van der Waals surface area contributed by atoms with E-state index in [2.05, 4.69) is 42.9 Å². The van der Waals surface area contributed by atoms with Crippen LogP contribution in [0.25, 0.3) is 0 Å². The lowest BCUT2D eigenvalue weighted by atomic mass is 9.85. The summed E-state index contributed by atoms with van der Waals surface area (Å²) in [6.07, 6.45) is 2.78. The average molecular weight is 355 g/mol. The monoisotopic (exact) mass is 354 g/mol. The summed E-state index contributed by atoms with van der Waals surface area (Å²) >= 11 is 3.68. The lowest BCUT2D eigenvalue weighted by Crippen LogP contribution is -2.53. The van der Waals surface area contributed by atoms with Crippen molar-refractivity contribution in [2.24, 2.45) is 5.92 Å². The molecule has 3 rings (SSSR count). The summed E-state index contributed by atoms with van der Waals surface area (Å²) in [5.41, 5.74) is 2.33. The van der Waals surface area contributed by atoms with Crippen molar-refractivity contribution in [2.75, 3.05) is 13.1 Å². The van der Waals surface area contributed by atoms with Crippen LogP contribution in [-0.4, -0.2) is 39.7 Å². The van der Waals surface area contributed by atoms with Crippen molar-refractivity contribution >= 4 is 21.8 Å². The van der Waals surface area contributed by atoms with Gasteiger partial charge < -0.3 is 5.32 Å². The van der Waals surface area contributed by atoms with Crippen LogP contribution < -0.4 is 5.32 Å². The molecular weight excluding hydrogens is 332 g/mol. The maximum Gasteiger partial charge on any atom is 0.220 e. The zero-order chi connectivity index (χ0) is 15.0. The van der Waals surface area contributed by atoms with Gasteiger partial charge in [-0.15, -0.1) is 0 Å². The van der Waals surface area contributed by atoms with E-state index in [1.54, 1.807) is 0 Å². The number of halogens is 1. The third kappa shape index (κ3) is 3.01. The van der Waals surface area contributed by atoms with Gasteiger partial charge in [-0.3, -0.25) is 14.4 Å². The number of fused-ring (bicyclic) bond motifs is 1. The van der Waals surface area contributed by atoms with E-state index in [-0.39, 0.29) is 5.91 Å². The first-order valence-electron chi connectivity index (χ1n) is 7.82. The first-order valence-corrected chi connectivity index (χ1v) is 8.61. The molecule has 2 aliphatic heterocycles. The summed E-state index contributed by atoms with van der Waals surface area (Å²) in [6, 6.07) is 0.392. The van der Waals surface area contributed by atoms with E-state index in [1.165, 1.54) is 5.69 Å². The van der Waals surface area contributed by atoms with Gasteiger partial charge in [-0.2, -0.15) is 5.10 Å². The van der Waals surface area contributed by atoms with Crippen molar-refractivity contribution in [3.05, 3.63) is 15.9 Å². The number of rotatable bonds is 3. The predicted molar refractivity (Wildman–Crippen MR) is 84.9 cm³/mol. The summed E-state index contributed by atoms with van der Waals surface area (Å²) in [4.78, 5) is 14.0. The number of piperidine rings is 2. The first-order chi connectivity index (χ1) is 10.1. The van der Waals surface area contributed by atoms with Crippen molar-refractivity contribution in [3.63, 3.8) is 0 Å². The van der Waals surface area contributed by atoms with E-state index < -0.39 is 0 Å². The first kappa shape index (κ1) is 15.0. The van der Waals surface area contributed by atoms with Gasteiger partial charge in [-0.05, 0) is 48.5 Å². The molecule has 1 amide bonds. The molecule has 0 aliphatic carbocycles. The molecule has 21 heavy (non-hydrogen) atoms. The van der Waals surface area contributed by atoms with Crippen LogP contribution in [0.2, 0.25) is 0 Å². The van der Waals surface area contributed by atoms with Crippen LogP contribution in [0.15, 0.2) is 4.47 Å². The van der Waals surface area contributed by atoms with Crippen LogP contribution in [0.4, 0.5) is 0 Å². The Kier molecular flexibility index (Phi) is 4.36. The second kappa shape index (κ2) is 6.08. The zero-order valence-corrected chi connectivity index (χ0v) is 14.3. The van der Waals surface area contributed by atoms with E-state index in [0.717, 1.165) is 49.2 Å². The van der Waals surface area contributed by atoms with Crippen molar-refractivity contribution in [3.8, 4) is 0 Å². The van der Waals surface area contributed by atoms with Gasteiger partial charge in [0, 0.05) is 38.6 Å². The maximum atomic E-state index is 11.5. The minimum Gasteiger partial charge on any atom is -0.353 e. The number of hydrogen-bond acceptors (Lipinski definition) is 3. The van der Waals surface area contributed by atoms with Gasteiger partial charge in [0.05, 0.1) is 15.9 Å². The fourth-order valence-corrected chi connectivity index (χ4v) is 3.97. The van der Waals surface area contributed by atoms with Gasteiger partial charge in [0.2, 0.25) is 5.91 Å². The highest BCUT2D eigenvalue weighted by Gasteiger charge is 2.34. The van der Waals surface area contributed by atoms with E-state index in [1.807, 2.05) is 6.92 Å². The Labute approximate surface area is 134 Å². The average Bonchev–Trinajstić information content (AvgIpc) is 2.75. The highest BCUT2D eigenvalue weighted by molar-refractivity contribution is 9.10. The maximum absolute atomic E-state index is 11.5. The minimum absolute atomic E-state index is 0.229. The van der Waals surface area contributed by atoms with E-state index in [4.69, 9.17) is 0 Å². The van der Waals surface area contributed by atoms with E-state index >= 15 is 0 Å². The topological polar surface area (TPSA) is 50.2 Å². The number of aromatic nitrogens is 2. The van der Waals surface area contributed by atoms with Gasteiger partial charge in [-0.1, -0.05) is 0 Å². The third-order valence-electron chi connectivity index (χ3n) is 4.73. The smallest absolute Gasteiger partial charge is 0.220 e. The molecule has 0 spiro atoms. The SMILES string of the molecule is CCn1nc(C)c(Br)c1CN1CCC2NC(=O)CCC2C1. The molecule has 2 saturated heterocycles. The molecule has 2 atom stereocenters. The Hall–Kier alpha value is -0.880. The summed E-state index contributed by atoms with van der Waals surface area (Å²) in [6.45, 7) is 8.13. The lowest BCUT2D eigenvalue weighted by Gasteiger charge is -2.41. The highest BCUT2D eigenvalue weighted by Crippen LogP contribution is 2.28. The van der Waals surface area contributed by atoms with Crippen LogP contribution in [-0.2, 0) is 17.9 Å². The molecule has 116 valence electrons. The Morgan fingerprint density at radius 3 is 3.00 bits per heavy atom. The molecule has 3 heterocycles. The number of hydrogen-bond donors (Lipinski definition) is 1. The van der Waals surface area contributed by atoms with Gasteiger partial charge in [0.25, 0.3) is 0 Å². The number of nitrogens with zero attached hydrogens (tertiary/aromatic N) is 3. The minimum atomic E-state index is 0.229. The van der Waals surface area contributed by atoms with Crippen LogP contribution in [0.5, 0.6) is 0 Å². The predicted octanol–water partition coefficient (Wildman–Crippen LogP) is 2.07. The number of amides is 1. The van der Waals surface area contributed by atoms with Crippen LogP contribution >= 0.6 is 15.9 Å². The molecular formula is C15H23BrN4O. The Morgan fingerprint density at radius 2 is 2.24 bits per heavy atom. The lowest BCUT2D eigenvalue weighted by molar-refractivity contribution is -0.125. The molecule has 1 aromatic rings. The fraction of sp³-hybridized carbons (Fsp3) is 0.733. The van der Waals surface area contributed by atoms with Crippen LogP contribution in [0, 0.1) is 12.8 Å². The Balaban J connectivity index is 1.68. The second-order valence-corrected chi connectivity index (χ2v) is 6.95. The van der Waals surface area contributed by atoms with Crippen molar-refractivity contribution in [2.45, 2.75) is 52.2 Å². The molecule has 2 fully saturated rings. The van der Waals surface area contributed by atoms with E-state index in [9.17, 15) is 4.79 Å². The fourth-order valence-electron chi connectivity index (χ4n) is 3.56. The summed E-state index contributed by atoms with van der Waals surface area (Å²) in [5, 5.41) is 7.72. The molecule has 2 aliphatic rings. The van der Waals surface area contributed by atoms with Crippen molar-refractivity contribution in [1.82, 2.24) is 20.0 Å². The normalized spacial score (nSPS) is 26.5. The molecule has 0 bridgehead atoms. The summed E-state index contributed by atoms with van der Waals surface area (Å²) in [5.74, 6) is 0.835. The Bertz CT molecular complexity index is 542. The third-order valence-corrected chi connectivity index (χ3v) is 5.76. The van der Waals surface area contributed by atoms with Gasteiger partial charge >= 0.3 is 0 Å². The van der Waals surface area contributed by atoms with Gasteiger partial charge in [0.15, 0.2) is 0 Å². The molecule has 6 heteroatoms. The quantitative estimate of drug-likeness (QED) is 0.903. The molecule has 0 saturated carbocycles. The molecule has 2 unspecified atom stereocenters. The largest absolute Gasteiger partial charge is 0.353 e. The highest BCUT2D eigenvalue weighted by atomic mass is 79.9. The molecule has 5 nitrogen and oxygen atoms in total. The number of carbonyl (C=O) groups is 1. The zero-order valence-electron chi connectivity index (χ0n) is 12.7. The van der Waals surface area contributed by atoms with E-state index in [0.29, 0.717) is 18.4 Å². The molecule has 0 radical (unpaired) electrons. The molecule has 1 N–H and O–H groups in total. The van der Waals surface area contributed by atoms with Crippen LogP contribution in [0.1, 0.15) is 37.6 Å². The number of nitrogens with one attached hydrogen (secondary N) is 1. The number of aryl methyl sites for hydroxylation is 2. The molecule has 1 aromatic heterocycles. The second-order valence-electron chi connectivity index (χ2n) is 6.16. The molecule has 0 aromatic carbocycles. The van der Waals surface area contributed by atoms with Crippen LogP contribution in [0.3, 0.4) is 0 Å². The van der Waals surface area contributed by atoms with Crippen molar-refractivity contribution < 1.29 is 4.79 Å². The van der Waals surface area contributed by atoms with Crippen molar-refractivity contribution in [1.29, 1.82) is 0 Å².